The third kappa shape index (κ3) is 5.18. The fourth-order valence-corrected chi connectivity index (χ4v) is 4.28. The number of halogens is 1. The van der Waals surface area contributed by atoms with Crippen molar-refractivity contribution in [2.75, 3.05) is 32.0 Å². The molecule has 1 saturated heterocycles. The van der Waals surface area contributed by atoms with E-state index in [9.17, 15) is 4.79 Å². The number of hydrogen-bond donors (Lipinski definition) is 0. The van der Waals surface area contributed by atoms with Crippen molar-refractivity contribution in [1.82, 2.24) is 24.5 Å². The molecule has 7 nitrogen and oxygen atoms in total. The maximum atomic E-state index is 11.8. The Hall–Kier alpha value is -1.90. The molecule has 0 amide bonds. The zero-order chi connectivity index (χ0) is 19.3. The van der Waals surface area contributed by atoms with Gasteiger partial charge in [0.1, 0.15) is 0 Å². The number of carbonyl (C=O) groups is 1. The summed E-state index contributed by atoms with van der Waals surface area (Å²) in [6.45, 7) is 5.50. The van der Waals surface area contributed by atoms with E-state index < -0.39 is 0 Å². The second-order valence-corrected chi connectivity index (χ2v) is 7.86. The second kappa shape index (κ2) is 10.2. The van der Waals surface area contributed by atoms with Crippen LogP contribution in [0, 0.1) is 0 Å². The van der Waals surface area contributed by atoms with Crippen LogP contribution in [0.2, 0.25) is 0 Å². The molecule has 0 unspecified atom stereocenters. The zero-order valence-corrected chi connectivity index (χ0v) is 18.2. The zero-order valence-electron chi connectivity index (χ0n) is 16.5. The monoisotopic (exact) mass is 435 g/mol. The smallest absolute Gasteiger partial charge is 0.316 e. The van der Waals surface area contributed by atoms with Crippen LogP contribution in [0.3, 0.4) is 0 Å². The SMILES string of the molecule is CCOC(=O)CSc1nc2ccccc2c2nc(CCN3CCCCC3)nn12.Cl. The molecule has 0 aliphatic carbocycles. The minimum atomic E-state index is -0.249. The second-order valence-electron chi connectivity index (χ2n) is 6.92. The molecule has 9 heteroatoms. The Morgan fingerprint density at radius 1 is 1.17 bits per heavy atom. The van der Waals surface area contributed by atoms with E-state index in [0.29, 0.717) is 11.8 Å². The Labute approximate surface area is 180 Å². The normalized spacial score (nSPS) is 14.8. The molecule has 0 spiro atoms. The molecule has 1 aromatic carbocycles. The number of para-hydroxylation sites is 1. The van der Waals surface area contributed by atoms with Crippen molar-refractivity contribution in [3.8, 4) is 0 Å². The molecule has 156 valence electrons. The summed E-state index contributed by atoms with van der Waals surface area (Å²) in [5.41, 5.74) is 1.65. The van der Waals surface area contributed by atoms with Crippen LogP contribution in [0.4, 0.5) is 0 Å². The molecule has 0 bridgehead atoms. The van der Waals surface area contributed by atoms with Crippen molar-refractivity contribution in [2.45, 2.75) is 37.8 Å². The number of fused-ring (bicyclic) bond motifs is 3. The van der Waals surface area contributed by atoms with Crippen LogP contribution < -0.4 is 0 Å². The third-order valence-electron chi connectivity index (χ3n) is 4.92. The van der Waals surface area contributed by atoms with E-state index in [4.69, 9.17) is 19.8 Å². The predicted molar refractivity (Wildman–Crippen MR) is 117 cm³/mol. The highest BCUT2D eigenvalue weighted by molar-refractivity contribution is 7.99. The van der Waals surface area contributed by atoms with E-state index >= 15 is 0 Å². The van der Waals surface area contributed by atoms with Crippen LogP contribution in [0.15, 0.2) is 29.4 Å². The molecular weight excluding hydrogens is 410 g/mol. The quantitative estimate of drug-likeness (QED) is 0.320. The van der Waals surface area contributed by atoms with Gasteiger partial charge in [0.15, 0.2) is 16.6 Å². The van der Waals surface area contributed by atoms with Gasteiger partial charge in [0.2, 0.25) is 0 Å². The minimum Gasteiger partial charge on any atom is -0.465 e. The Morgan fingerprint density at radius 2 is 1.97 bits per heavy atom. The Balaban J connectivity index is 0.00000240. The number of rotatable bonds is 7. The fourth-order valence-electron chi connectivity index (χ4n) is 3.54. The molecule has 1 fully saturated rings. The van der Waals surface area contributed by atoms with Gasteiger partial charge in [-0.15, -0.1) is 17.5 Å². The Morgan fingerprint density at radius 3 is 2.76 bits per heavy atom. The van der Waals surface area contributed by atoms with Crippen LogP contribution >= 0.6 is 24.2 Å². The molecule has 0 atom stereocenters. The van der Waals surface area contributed by atoms with E-state index in [1.165, 1.54) is 44.1 Å². The van der Waals surface area contributed by atoms with E-state index in [1.54, 1.807) is 11.4 Å². The lowest BCUT2D eigenvalue weighted by molar-refractivity contribution is -0.139. The maximum absolute atomic E-state index is 11.8. The van der Waals surface area contributed by atoms with Crippen molar-refractivity contribution in [1.29, 1.82) is 0 Å². The minimum absolute atomic E-state index is 0. The highest BCUT2D eigenvalue weighted by Crippen LogP contribution is 2.24. The molecule has 29 heavy (non-hydrogen) atoms. The summed E-state index contributed by atoms with van der Waals surface area (Å²) in [7, 11) is 0. The third-order valence-corrected chi connectivity index (χ3v) is 5.82. The highest BCUT2D eigenvalue weighted by Gasteiger charge is 2.16. The number of ether oxygens (including phenoxy) is 1. The molecule has 3 aromatic rings. The van der Waals surface area contributed by atoms with Crippen molar-refractivity contribution >= 4 is 46.7 Å². The number of esters is 1. The lowest BCUT2D eigenvalue weighted by Crippen LogP contribution is -2.31. The number of piperidine rings is 1. The molecule has 1 aliphatic heterocycles. The van der Waals surface area contributed by atoms with Gasteiger partial charge >= 0.3 is 5.97 Å². The lowest BCUT2D eigenvalue weighted by Gasteiger charge is -2.25. The van der Waals surface area contributed by atoms with Gasteiger partial charge in [-0.05, 0) is 45.0 Å². The van der Waals surface area contributed by atoms with E-state index in [2.05, 4.69) is 4.90 Å². The largest absolute Gasteiger partial charge is 0.465 e. The van der Waals surface area contributed by atoms with Crippen LogP contribution in [-0.4, -0.2) is 62.4 Å². The van der Waals surface area contributed by atoms with Gasteiger partial charge in [-0.2, -0.15) is 4.52 Å². The average Bonchev–Trinajstić information content (AvgIpc) is 3.16. The molecule has 3 heterocycles. The predicted octanol–water partition coefficient (Wildman–Crippen LogP) is 3.38. The van der Waals surface area contributed by atoms with Gasteiger partial charge in [-0.3, -0.25) is 4.79 Å². The topological polar surface area (TPSA) is 72.6 Å². The number of carbonyl (C=O) groups excluding carboxylic acids is 1. The number of nitrogens with zero attached hydrogens (tertiary/aromatic N) is 5. The van der Waals surface area contributed by atoms with Crippen molar-refractivity contribution in [3.05, 3.63) is 30.1 Å². The number of benzene rings is 1. The highest BCUT2D eigenvalue weighted by atomic mass is 35.5. The number of likely N-dealkylation sites (tertiary alicyclic amines) is 1. The Bertz CT molecular complexity index is 974. The lowest BCUT2D eigenvalue weighted by atomic mass is 10.1. The molecule has 4 rings (SSSR count). The maximum Gasteiger partial charge on any atom is 0.316 e. The fraction of sp³-hybridized carbons (Fsp3) is 0.500. The summed E-state index contributed by atoms with van der Waals surface area (Å²) in [4.78, 5) is 23.8. The van der Waals surface area contributed by atoms with Crippen molar-refractivity contribution in [2.24, 2.45) is 0 Å². The van der Waals surface area contributed by atoms with Crippen LogP contribution in [-0.2, 0) is 16.0 Å². The summed E-state index contributed by atoms with van der Waals surface area (Å²) in [5.74, 6) is 0.778. The van der Waals surface area contributed by atoms with Crippen LogP contribution in [0.1, 0.15) is 32.0 Å². The van der Waals surface area contributed by atoms with Gasteiger partial charge in [0.25, 0.3) is 0 Å². The molecule has 1 aliphatic rings. The average molecular weight is 436 g/mol. The van der Waals surface area contributed by atoms with Gasteiger partial charge in [0, 0.05) is 18.4 Å². The molecule has 0 N–H and O–H groups in total. The van der Waals surface area contributed by atoms with E-state index in [0.717, 1.165) is 35.3 Å². The van der Waals surface area contributed by atoms with Crippen molar-refractivity contribution < 1.29 is 9.53 Å². The number of aromatic nitrogens is 4. The first-order valence-electron chi connectivity index (χ1n) is 9.90. The summed E-state index contributed by atoms with van der Waals surface area (Å²) >= 11 is 1.34. The van der Waals surface area contributed by atoms with Gasteiger partial charge in [-0.1, -0.05) is 30.3 Å². The molecular formula is C20H26ClN5O2S. The van der Waals surface area contributed by atoms with Gasteiger partial charge in [-0.25, -0.2) is 9.97 Å². The first-order valence-corrected chi connectivity index (χ1v) is 10.9. The van der Waals surface area contributed by atoms with Crippen LogP contribution in [0.5, 0.6) is 0 Å². The van der Waals surface area contributed by atoms with E-state index in [-0.39, 0.29) is 24.1 Å². The molecule has 0 saturated carbocycles. The van der Waals surface area contributed by atoms with E-state index in [1.807, 2.05) is 24.3 Å². The summed E-state index contributed by atoms with van der Waals surface area (Å²) in [6.07, 6.45) is 4.71. The summed E-state index contributed by atoms with van der Waals surface area (Å²) in [6, 6.07) is 7.92. The van der Waals surface area contributed by atoms with Gasteiger partial charge < -0.3 is 9.64 Å². The first-order chi connectivity index (χ1) is 13.7. The standard InChI is InChI=1S/C20H25N5O2S.ClH/c1-2-27-18(26)14-28-20-21-16-9-5-4-8-15(16)19-22-17(23-25(19)20)10-13-24-11-6-3-7-12-24;/h4-5,8-9H,2-3,6-7,10-14H2,1H3;1H. The van der Waals surface area contributed by atoms with Crippen molar-refractivity contribution in [3.63, 3.8) is 0 Å². The summed E-state index contributed by atoms with van der Waals surface area (Å²) in [5, 5.41) is 6.35. The van der Waals surface area contributed by atoms with Gasteiger partial charge in [0.05, 0.1) is 17.9 Å². The van der Waals surface area contributed by atoms with Crippen LogP contribution in [0.25, 0.3) is 16.6 Å². The molecule has 0 radical (unpaired) electrons. The number of thioether (sulfide) groups is 1. The first kappa shape index (κ1) is 21.8. The molecule has 2 aromatic heterocycles. The Kier molecular flexibility index (Phi) is 7.69. The summed E-state index contributed by atoms with van der Waals surface area (Å²) < 4.78 is 6.81. The number of hydrogen-bond acceptors (Lipinski definition) is 7.